The third kappa shape index (κ3) is 4.98. The predicted octanol–water partition coefficient (Wildman–Crippen LogP) is 6.39. The first-order valence-electron chi connectivity index (χ1n) is 13.5. The summed E-state index contributed by atoms with van der Waals surface area (Å²) in [6.07, 6.45) is 3.58. The maximum Gasteiger partial charge on any atom is 0.343 e. The van der Waals surface area contributed by atoms with E-state index in [0.717, 1.165) is 36.2 Å². The van der Waals surface area contributed by atoms with Gasteiger partial charge in [0, 0.05) is 10.4 Å². The lowest BCUT2D eigenvalue weighted by Crippen LogP contribution is -2.38. The highest BCUT2D eigenvalue weighted by atomic mass is 32.1. The lowest BCUT2D eigenvalue weighted by atomic mass is 9.69. The molecule has 0 radical (unpaired) electrons. The van der Waals surface area contributed by atoms with Crippen LogP contribution in [0.2, 0.25) is 0 Å². The summed E-state index contributed by atoms with van der Waals surface area (Å²) < 4.78 is 22.0. The summed E-state index contributed by atoms with van der Waals surface area (Å²) in [7, 11) is 4.47. The molecule has 1 aliphatic heterocycles. The molecule has 40 heavy (non-hydrogen) atoms. The number of esters is 1. The average molecular weight is 565 g/mol. The van der Waals surface area contributed by atoms with Crippen molar-refractivity contribution in [3.05, 3.63) is 63.5 Å². The number of hydrogen-bond donors (Lipinski definition) is 2. The first-order chi connectivity index (χ1) is 19.2. The molecule has 5 rings (SSSR count). The number of hydrogen-bond acceptors (Lipinski definition) is 8. The fraction of sp³-hybridized carbons (Fsp3) is 0.419. The molecule has 0 saturated heterocycles. The van der Waals surface area contributed by atoms with Crippen molar-refractivity contribution in [2.75, 3.05) is 26.6 Å². The molecule has 0 fully saturated rings. The summed E-state index contributed by atoms with van der Waals surface area (Å²) in [4.78, 5) is 27.9. The van der Waals surface area contributed by atoms with Crippen molar-refractivity contribution in [2.24, 2.45) is 11.3 Å². The molecule has 0 unspecified atom stereocenters. The van der Waals surface area contributed by atoms with Crippen LogP contribution in [0.3, 0.4) is 0 Å². The number of nitrogens with one attached hydrogen (secondary N) is 2. The van der Waals surface area contributed by atoms with E-state index in [1.807, 2.05) is 12.1 Å². The number of fused-ring (bicyclic) bond motifs is 3. The molecule has 1 aliphatic carbocycles. The van der Waals surface area contributed by atoms with Crippen LogP contribution in [0.25, 0.3) is 0 Å². The molecule has 0 spiro atoms. The number of para-hydroxylation sites is 1. The van der Waals surface area contributed by atoms with E-state index in [-0.39, 0.29) is 16.9 Å². The zero-order chi connectivity index (χ0) is 28.6. The van der Waals surface area contributed by atoms with Crippen molar-refractivity contribution in [3.8, 4) is 23.0 Å². The van der Waals surface area contributed by atoms with E-state index >= 15 is 0 Å². The Hall–Kier alpha value is -3.72. The van der Waals surface area contributed by atoms with Crippen molar-refractivity contribution >= 4 is 28.2 Å². The molecule has 2 aliphatic rings. The van der Waals surface area contributed by atoms with Crippen LogP contribution in [-0.4, -0.2) is 33.2 Å². The Morgan fingerprint density at radius 2 is 1.73 bits per heavy atom. The molecule has 9 heteroatoms. The van der Waals surface area contributed by atoms with Gasteiger partial charge in [-0.1, -0.05) is 45.4 Å². The summed E-state index contributed by atoms with van der Waals surface area (Å²) in [6.45, 7) is 6.93. The van der Waals surface area contributed by atoms with Gasteiger partial charge in [-0.2, -0.15) is 0 Å². The van der Waals surface area contributed by atoms with Gasteiger partial charge in [-0.15, -0.1) is 11.3 Å². The number of thiophene rings is 1. The van der Waals surface area contributed by atoms with Crippen LogP contribution >= 0.6 is 11.3 Å². The molecular formula is C31H36N2O6S. The van der Waals surface area contributed by atoms with E-state index in [9.17, 15) is 9.59 Å². The van der Waals surface area contributed by atoms with Crippen LogP contribution in [0.5, 0.6) is 23.0 Å². The van der Waals surface area contributed by atoms with Crippen molar-refractivity contribution in [1.29, 1.82) is 0 Å². The molecule has 3 aromatic rings. The summed E-state index contributed by atoms with van der Waals surface area (Å²) in [5.74, 6) is 1.33. The zero-order valence-corrected chi connectivity index (χ0v) is 24.6. The second-order valence-corrected chi connectivity index (χ2v) is 12.0. The summed E-state index contributed by atoms with van der Waals surface area (Å²) in [5.41, 5.74) is 3.09. The lowest BCUT2D eigenvalue weighted by Gasteiger charge is -2.36. The molecule has 2 aromatic carbocycles. The van der Waals surface area contributed by atoms with Crippen LogP contribution in [0.4, 0.5) is 5.00 Å². The van der Waals surface area contributed by atoms with E-state index in [1.54, 1.807) is 35.6 Å². The summed E-state index contributed by atoms with van der Waals surface area (Å²) in [6, 6.07) is 10.3. The minimum Gasteiger partial charge on any atom is -0.493 e. The Balaban J connectivity index is 1.40. The molecule has 2 heterocycles. The van der Waals surface area contributed by atoms with Gasteiger partial charge < -0.3 is 29.6 Å². The van der Waals surface area contributed by atoms with E-state index < -0.39 is 12.1 Å². The SMILES string of the molecule is CCC(C)(C)[C@H]1CCc2c(sc3c2C(=O)N[C@@H](c2ccccc2OC(=O)c2cc(OC)c(OC)c(OC)c2)N3)C1. The van der Waals surface area contributed by atoms with Gasteiger partial charge in [0.15, 0.2) is 11.5 Å². The normalized spacial score (nSPS) is 18.1. The Morgan fingerprint density at radius 1 is 1.02 bits per heavy atom. The number of ether oxygens (including phenoxy) is 4. The highest BCUT2D eigenvalue weighted by molar-refractivity contribution is 7.16. The van der Waals surface area contributed by atoms with Gasteiger partial charge in [0.1, 0.15) is 16.9 Å². The van der Waals surface area contributed by atoms with Crippen LogP contribution < -0.4 is 29.6 Å². The highest BCUT2D eigenvalue weighted by Crippen LogP contribution is 2.47. The van der Waals surface area contributed by atoms with Gasteiger partial charge in [0.2, 0.25) is 5.75 Å². The lowest BCUT2D eigenvalue weighted by molar-refractivity contribution is 0.0731. The van der Waals surface area contributed by atoms with Gasteiger partial charge in [0.05, 0.1) is 32.5 Å². The van der Waals surface area contributed by atoms with E-state index in [4.69, 9.17) is 18.9 Å². The molecular weight excluding hydrogens is 528 g/mol. The standard InChI is InChI=1S/C31H36N2O6S/c1-7-31(2,3)18-12-13-20-24(16-18)40-29-25(20)28(34)32-27(33-29)19-10-8-9-11-21(19)39-30(35)17-14-22(36-4)26(38-6)23(15-17)37-5/h8-11,14-15,18,27,33H,7,12-13,16H2,1-6H3,(H,32,34)/t18-,27+/m0/s1. The molecule has 1 amide bonds. The fourth-order valence-corrected chi connectivity index (χ4v) is 6.93. The maximum absolute atomic E-state index is 13.4. The zero-order valence-electron chi connectivity index (χ0n) is 23.8. The molecule has 8 nitrogen and oxygen atoms in total. The monoisotopic (exact) mass is 564 g/mol. The maximum atomic E-state index is 13.4. The molecule has 0 bridgehead atoms. The van der Waals surface area contributed by atoms with Gasteiger partial charge in [-0.3, -0.25) is 4.79 Å². The summed E-state index contributed by atoms with van der Waals surface area (Å²) in [5, 5.41) is 7.48. The second kappa shape index (κ2) is 11.0. The number of anilines is 1. The van der Waals surface area contributed by atoms with Gasteiger partial charge >= 0.3 is 5.97 Å². The minimum atomic E-state index is -0.592. The Bertz CT molecular complexity index is 1420. The predicted molar refractivity (Wildman–Crippen MR) is 155 cm³/mol. The van der Waals surface area contributed by atoms with Crippen molar-refractivity contribution in [2.45, 2.75) is 52.6 Å². The molecule has 2 N–H and O–H groups in total. The van der Waals surface area contributed by atoms with Gasteiger partial charge in [0.25, 0.3) is 5.91 Å². The molecule has 1 aromatic heterocycles. The number of carbonyl (C=O) groups excluding carboxylic acids is 2. The largest absolute Gasteiger partial charge is 0.493 e. The van der Waals surface area contributed by atoms with Gasteiger partial charge in [-0.05, 0) is 54.4 Å². The highest BCUT2D eigenvalue weighted by Gasteiger charge is 2.38. The van der Waals surface area contributed by atoms with Crippen LogP contribution in [0.1, 0.15) is 76.5 Å². The number of carbonyl (C=O) groups is 2. The average Bonchev–Trinajstić information content (AvgIpc) is 3.34. The van der Waals surface area contributed by atoms with Crippen molar-refractivity contribution < 1.29 is 28.5 Å². The number of methoxy groups -OCH3 is 3. The first kappa shape index (κ1) is 27.8. The van der Waals surface area contributed by atoms with Crippen LogP contribution in [0, 0.1) is 11.3 Å². The van der Waals surface area contributed by atoms with Crippen molar-refractivity contribution in [3.63, 3.8) is 0 Å². The number of amides is 1. The Labute approximate surface area is 239 Å². The number of benzene rings is 2. The number of rotatable bonds is 8. The first-order valence-corrected chi connectivity index (χ1v) is 14.3. The second-order valence-electron chi connectivity index (χ2n) is 10.9. The fourth-order valence-electron chi connectivity index (χ4n) is 5.58. The third-order valence-electron chi connectivity index (χ3n) is 8.39. The Morgan fingerprint density at radius 3 is 2.38 bits per heavy atom. The van der Waals surface area contributed by atoms with E-state index in [0.29, 0.717) is 34.5 Å². The van der Waals surface area contributed by atoms with E-state index in [2.05, 4.69) is 31.4 Å². The topological polar surface area (TPSA) is 95.1 Å². The molecule has 0 saturated carbocycles. The quantitative estimate of drug-likeness (QED) is 0.242. The Kier molecular flexibility index (Phi) is 7.68. The minimum absolute atomic E-state index is 0.102. The van der Waals surface area contributed by atoms with Crippen molar-refractivity contribution in [1.82, 2.24) is 5.32 Å². The molecule has 2 atom stereocenters. The smallest absolute Gasteiger partial charge is 0.343 e. The van der Waals surface area contributed by atoms with Crippen LogP contribution in [0.15, 0.2) is 36.4 Å². The van der Waals surface area contributed by atoms with E-state index in [1.165, 1.54) is 31.8 Å². The third-order valence-corrected chi connectivity index (χ3v) is 9.58. The summed E-state index contributed by atoms with van der Waals surface area (Å²) >= 11 is 1.68. The van der Waals surface area contributed by atoms with Gasteiger partial charge in [-0.25, -0.2) is 4.79 Å². The molecule has 212 valence electrons. The van der Waals surface area contributed by atoms with Crippen LogP contribution in [-0.2, 0) is 12.8 Å².